The molecule has 0 aliphatic carbocycles. The first-order valence-electron chi connectivity index (χ1n) is 9.85. The molecule has 0 bridgehead atoms. The van der Waals surface area contributed by atoms with Gasteiger partial charge in [-0.2, -0.15) is 0 Å². The molecule has 2 aromatic heterocycles. The monoisotopic (exact) mass is 577 g/mol. The van der Waals surface area contributed by atoms with Gasteiger partial charge in [0.15, 0.2) is 0 Å². The fourth-order valence-electron chi connectivity index (χ4n) is 3.55. The van der Waals surface area contributed by atoms with Crippen molar-refractivity contribution >= 4 is 16.8 Å². The van der Waals surface area contributed by atoms with Crippen molar-refractivity contribution in [2.45, 2.75) is 0 Å². The van der Waals surface area contributed by atoms with Crippen LogP contribution in [-0.4, -0.2) is 9.97 Å². The van der Waals surface area contributed by atoms with Crippen molar-refractivity contribution < 1.29 is 21.1 Å². The van der Waals surface area contributed by atoms with Crippen LogP contribution in [0.5, 0.6) is 0 Å². The minimum absolute atomic E-state index is 0. The number of hydrogen-bond acceptors (Lipinski definition) is 2. The summed E-state index contributed by atoms with van der Waals surface area (Å²) in [5, 5.41) is 2.22. The minimum atomic E-state index is 0. The van der Waals surface area contributed by atoms with Crippen LogP contribution >= 0.6 is 0 Å². The van der Waals surface area contributed by atoms with E-state index in [1.54, 1.807) is 6.20 Å². The molecule has 3 aromatic carbocycles. The summed E-state index contributed by atoms with van der Waals surface area (Å²) in [6, 6.07) is 35.8. The van der Waals surface area contributed by atoms with Gasteiger partial charge in [-0.05, 0) is 23.2 Å². The third kappa shape index (κ3) is 4.55. The molecule has 2 heterocycles. The Morgan fingerprint density at radius 3 is 2.45 bits per heavy atom. The van der Waals surface area contributed by atoms with E-state index in [-0.39, 0.29) is 21.1 Å². The van der Waals surface area contributed by atoms with E-state index in [9.17, 15) is 0 Å². The van der Waals surface area contributed by atoms with Gasteiger partial charge in [-0.15, -0.1) is 71.3 Å². The molecule has 0 N–H and O–H groups in total. The number of pyridine rings is 2. The van der Waals surface area contributed by atoms with Gasteiger partial charge in [0.2, 0.25) is 0 Å². The van der Waals surface area contributed by atoms with Crippen LogP contribution in [0.4, 0.5) is 0 Å². The fraction of sp³-hybridized carbons (Fsp3) is 0. The molecular formula is C28H18N2Pt. The molecule has 2 nitrogen and oxygen atoms in total. The van der Waals surface area contributed by atoms with E-state index in [0.717, 1.165) is 44.5 Å². The van der Waals surface area contributed by atoms with Crippen molar-refractivity contribution in [1.29, 1.82) is 0 Å². The molecular weight excluding hydrogens is 559 g/mol. The SMILES string of the molecule is [C-](=Cc1cc2ccccc2c(-c2ccccn2)n1)c1ccccc1-c1[c-]cccc1.[Pt+2]. The van der Waals surface area contributed by atoms with Crippen LogP contribution in [-0.2, 0) is 21.1 Å². The summed E-state index contributed by atoms with van der Waals surface area (Å²) in [6.07, 6.45) is 7.19. The Kier molecular flexibility index (Phi) is 6.50. The number of hydrogen-bond donors (Lipinski definition) is 0. The van der Waals surface area contributed by atoms with Gasteiger partial charge in [0, 0.05) is 11.6 Å². The van der Waals surface area contributed by atoms with Crippen LogP contribution in [0.2, 0.25) is 0 Å². The molecule has 0 aliphatic heterocycles. The Hall–Kier alpha value is -3.35. The fourth-order valence-corrected chi connectivity index (χ4v) is 3.55. The number of aromatic nitrogens is 2. The summed E-state index contributed by atoms with van der Waals surface area (Å²) in [5.41, 5.74) is 5.75. The predicted octanol–water partition coefficient (Wildman–Crippen LogP) is 6.63. The van der Waals surface area contributed by atoms with Gasteiger partial charge in [0.1, 0.15) is 0 Å². The van der Waals surface area contributed by atoms with Gasteiger partial charge in [0.05, 0.1) is 11.4 Å². The maximum atomic E-state index is 4.90. The second-order valence-electron chi connectivity index (χ2n) is 6.94. The van der Waals surface area contributed by atoms with Crippen molar-refractivity contribution in [3.05, 3.63) is 127 Å². The standard InChI is InChI=1S/C28H18N2.Pt/c1-2-10-21(11-3-1)25-14-6-4-12-22(25)17-18-24-20-23-13-5-7-15-26(23)28(30-24)27-16-8-9-19-29-27;/h1-10,12-16,18-20H;/q-2;+2. The molecule has 0 amide bonds. The molecule has 0 radical (unpaired) electrons. The van der Waals surface area contributed by atoms with E-state index in [1.165, 1.54) is 0 Å². The molecule has 5 aromatic rings. The molecule has 5 rings (SSSR count). The molecule has 0 aliphatic rings. The average Bonchev–Trinajstić information content (AvgIpc) is 2.83. The van der Waals surface area contributed by atoms with Crippen molar-refractivity contribution in [2.24, 2.45) is 0 Å². The summed E-state index contributed by atoms with van der Waals surface area (Å²) in [6.45, 7) is 0. The first-order chi connectivity index (χ1) is 14.9. The van der Waals surface area contributed by atoms with Crippen molar-refractivity contribution in [1.82, 2.24) is 9.97 Å². The molecule has 3 heteroatoms. The van der Waals surface area contributed by atoms with E-state index in [4.69, 9.17) is 4.98 Å². The normalized spacial score (nSPS) is 10.8. The Balaban J connectivity index is 0.00000231. The first-order valence-corrected chi connectivity index (χ1v) is 9.85. The van der Waals surface area contributed by atoms with E-state index in [0.29, 0.717) is 0 Å². The summed E-state index contributed by atoms with van der Waals surface area (Å²) in [4.78, 5) is 9.41. The summed E-state index contributed by atoms with van der Waals surface area (Å²) >= 11 is 0. The molecule has 0 atom stereocenters. The second kappa shape index (κ2) is 9.64. The van der Waals surface area contributed by atoms with Gasteiger partial charge in [-0.25, -0.2) is 0 Å². The van der Waals surface area contributed by atoms with Crippen molar-refractivity contribution in [3.63, 3.8) is 0 Å². The topological polar surface area (TPSA) is 25.8 Å². The molecule has 0 unspecified atom stereocenters. The zero-order chi connectivity index (χ0) is 20.2. The summed E-state index contributed by atoms with van der Waals surface area (Å²) in [7, 11) is 0. The number of fused-ring (bicyclic) bond motifs is 1. The smallest absolute Gasteiger partial charge is 0.294 e. The van der Waals surface area contributed by atoms with Gasteiger partial charge in [0.25, 0.3) is 0 Å². The number of rotatable bonds is 4. The maximum absolute atomic E-state index is 4.90. The van der Waals surface area contributed by atoms with Crippen molar-refractivity contribution in [2.75, 3.05) is 0 Å². The molecule has 31 heavy (non-hydrogen) atoms. The Morgan fingerprint density at radius 2 is 1.61 bits per heavy atom. The first kappa shape index (κ1) is 20.9. The van der Waals surface area contributed by atoms with Gasteiger partial charge in [-0.1, -0.05) is 48.5 Å². The van der Waals surface area contributed by atoms with Crippen LogP contribution in [0.1, 0.15) is 11.3 Å². The van der Waals surface area contributed by atoms with Gasteiger partial charge < -0.3 is 0 Å². The second-order valence-corrected chi connectivity index (χ2v) is 6.94. The average molecular weight is 578 g/mol. The molecule has 0 saturated carbocycles. The molecule has 150 valence electrons. The van der Waals surface area contributed by atoms with E-state index >= 15 is 0 Å². The zero-order valence-electron chi connectivity index (χ0n) is 16.6. The van der Waals surface area contributed by atoms with E-state index < -0.39 is 0 Å². The third-order valence-corrected chi connectivity index (χ3v) is 4.97. The van der Waals surface area contributed by atoms with E-state index in [1.807, 2.05) is 66.7 Å². The quantitative estimate of drug-likeness (QED) is 0.224. The minimum Gasteiger partial charge on any atom is -0.294 e. The molecule has 0 spiro atoms. The van der Waals surface area contributed by atoms with Crippen LogP contribution < -0.4 is 0 Å². The summed E-state index contributed by atoms with van der Waals surface area (Å²) in [5.74, 6) is 0. The van der Waals surface area contributed by atoms with Crippen LogP contribution in [0.3, 0.4) is 0 Å². The number of benzene rings is 3. The zero-order valence-corrected chi connectivity index (χ0v) is 18.9. The van der Waals surface area contributed by atoms with Gasteiger partial charge >= 0.3 is 21.1 Å². The third-order valence-electron chi connectivity index (χ3n) is 4.97. The van der Waals surface area contributed by atoms with Gasteiger partial charge in [-0.3, -0.25) is 9.97 Å². The molecule has 0 fully saturated rings. The van der Waals surface area contributed by atoms with Crippen LogP contribution in [0, 0.1) is 12.1 Å². The number of nitrogens with zero attached hydrogens (tertiary/aromatic N) is 2. The molecule has 0 saturated heterocycles. The predicted molar refractivity (Wildman–Crippen MR) is 122 cm³/mol. The Morgan fingerprint density at radius 1 is 0.806 bits per heavy atom. The van der Waals surface area contributed by atoms with Crippen LogP contribution in [0.15, 0.2) is 103 Å². The Labute approximate surface area is 196 Å². The van der Waals surface area contributed by atoms with Crippen LogP contribution in [0.25, 0.3) is 39.4 Å². The van der Waals surface area contributed by atoms with Crippen molar-refractivity contribution in [3.8, 4) is 22.5 Å². The maximum Gasteiger partial charge on any atom is 2.00 e. The van der Waals surface area contributed by atoms with E-state index in [2.05, 4.69) is 53.5 Å². The Bertz CT molecular complexity index is 1330. The summed E-state index contributed by atoms with van der Waals surface area (Å²) < 4.78 is 0. The largest absolute Gasteiger partial charge is 2.00 e.